The predicted octanol–water partition coefficient (Wildman–Crippen LogP) is 3.30. The first-order valence-corrected chi connectivity index (χ1v) is 5.15. The first-order chi connectivity index (χ1) is 6.35. The second kappa shape index (κ2) is 2.90. The molecule has 1 fully saturated rings. The normalized spacial score (nSPS) is 28.9. The quantitative estimate of drug-likeness (QED) is 0.840. The molecular formula is C9H7BrClF2N. The van der Waals surface area contributed by atoms with Gasteiger partial charge in [0.25, 0.3) is 5.92 Å². The number of halogens is 4. The van der Waals surface area contributed by atoms with E-state index in [0.717, 1.165) is 0 Å². The van der Waals surface area contributed by atoms with Crippen molar-refractivity contribution in [3.63, 3.8) is 0 Å². The molecule has 0 saturated heterocycles. The van der Waals surface area contributed by atoms with Gasteiger partial charge in [0.15, 0.2) is 0 Å². The molecule has 2 N–H and O–H groups in total. The third kappa shape index (κ3) is 1.45. The Morgan fingerprint density at radius 2 is 1.93 bits per heavy atom. The number of hydrogen-bond donors (Lipinski definition) is 1. The SMILES string of the molecule is NC1(c2cc(Cl)cc(Br)c2)CC1(F)F. The fourth-order valence-electron chi connectivity index (χ4n) is 1.43. The lowest BCUT2D eigenvalue weighted by atomic mass is 10.1. The van der Waals surface area contributed by atoms with Crippen LogP contribution in [0.3, 0.4) is 0 Å². The van der Waals surface area contributed by atoms with Gasteiger partial charge in [-0.3, -0.25) is 0 Å². The van der Waals surface area contributed by atoms with Gasteiger partial charge in [-0.05, 0) is 23.8 Å². The maximum Gasteiger partial charge on any atom is 0.272 e. The Kier molecular flexibility index (Phi) is 2.14. The number of benzene rings is 1. The van der Waals surface area contributed by atoms with Crippen molar-refractivity contribution in [2.75, 3.05) is 0 Å². The van der Waals surface area contributed by atoms with Crippen molar-refractivity contribution in [1.82, 2.24) is 0 Å². The van der Waals surface area contributed by atoms with Crippen molar-refractivity contribution in [2.24, 2.45) is 5.73 Å². The van der Waals surface area contributed by atoms with Crippen LogP contribution in [0.5, 0.6) is 0 Å². The van der Waals surface area contributed by atoms with E-state index in [1.807, 2.05) is 0 Å². The monoisotopic (exact) mass is 281 g/mol. The van der Waals surface area contributed by atoms with Crippen LogP contribution in [0, 0.1) is 0 Å². The van der Waals surface area contributed by atoms with Crippen LogP contribution in [0.15, 0.2) is 22.7 Å². The lowest BCUT2D eigenvalue weighted by Gasteiger charge is -2.11. The van der Waals surface area contributed by atoms with Gasteiger partial charge in [0.05, 0.1) is 0 Å². The van der Waals surface area contributed by atoms with Gasteiger partial charge in [0.2, 0.25) is 0 Å². The van der Waals surface area contributed by atoms with Gasteiger partial charge in [-0.25, -0.2) is 8.78 Å². The molecule has 0 radical (unpaired) electrons. The number of rotatable bonds is 1. The Bertz CT molecular complexity index is 376. The van der Waals surface area contributed by atoms with Gasteiger partial charge >= 0.3 is 0 Å². The topological polar surface area (TPSA) is 26.0 Å². The maximum atomic E-state index is 12.9. The van der Waals surface area contributed by atoms with E-state index in [-0.39, 0.29) is 6.42 Å². The Labute approximate surface area is 93.4 Å². The minimum atomic E-state index is -2.81. The number of alkyl halides is 2. The third-order valence-corrected chi connectivity index (χ3v) is 3.08. The van der Waals surface area contributed by atoms with E-state index in [1.165, 1.54) is 6.07 Å². The average molecular weight is 283 g/mol. The summed E-state index contributed by atoms with van der Waals surface area (Å²) in [6.45, 7) is 0. The smallest absolute Gasteiger partial charge is 0.272 e. The molecule has 5 heteroatoms. The van der Waals surface area contributed by atoms with E-state index >= 15 is 0 Å². The zero-order chi connectivity index (χ0) is 10.6. The first-order valence-electron chi connectivity index (χ1n) is 3.98. The van der Waals surface area contributed by atoms with E-state index in [9.17, 15) is 8.78 Å². The molecule has 1 aromatic rings. The molecule has 1 atom stereocenters. The summed E-state index contributed by atoms with van der Waals surface area (Å²) < 4.78 is 26.6. The van der Waals surface area contributed by atoms with Gasteiger partial charge in [-0.2, -0.15) is 0 Å². The molecular weight excluding hydrogens is 275 g/mol. The molecule has 1 saturated carbocycles. The Morgan fingerprint density at radius 3 is 2.36 bits per heavy atom. The van der Waals surface area contributed by atoms with Crippen LogP contribution in [0.4, 0.5) is 8.78 Å². The van der Waals surface area contributed by atoms with E-state index < -0.39 is 11.5 Å². The van der Waals surface area contributed by atoms with Crippen LogP contribution < -0.4 is 5.73 Å². The van der Waals surface area contributed by atoms with Crippen molar-refractivity contribution in [2.45, 2.75) is 17.9 Å². The second-order valence-corrected chi connectivity index (χ2v) is 4.86. The molecule has 0 heterocycles. The third-order valence-electron chi connectivity index (χ3n) is 2.41. The van der Waals surface area contributed by atoms with Crippen molar-refractivity contribution in [1.29, 1.82) is 0 Å². The lowest BCUT2D eigenvalue weighted by molar-refractivity contribution is 0.0891. The van der Waals surface area contributed by atoms with Crippen LogP contribution in [-0.2, 0) is 5.54 Å². The molecule has 1 aromatic carbocycles. The number of hydrogen-bond acceptors (Lipinski definition) is 1. The van der Waals surface area contributed by atoms with Crippen LogP contribution >= 0.6 is 27.5 Å². The molecule has 0 aromatic heterocycles. The number of nitrogens with two attached hydrogens (primary N) is 1. The minimum Gasteiger partial charge on any atom is -0.316 e. The van der Waals surface area contributed by atoms with E-state index in [2.05, 4.69) is 15.9 Å². The van der Waals surface area contributed by atoms with Gasteiger partial charge in [0, 0.05) is 15.9 Å². The molecule has 0 aliphatic heterocycles. The summed E-state index contributed by atoms with van der Waals surface area (Å²) in [5.41, 5.74) is 4.40. The van der Waals surface area contributed by atoms with E-state index in [1.54, 1.807) is 12.1 Å². The first kappa shape index (κ1) is 10.3. The van der Waals surface area contributed by atoms with Gasteiger partial charge in [0.1, 0.15) is 5.54 Å². The second-order valence-electron chi connectivity index (χ2n) is 3.51. The Hall–Kier alpha value is -0.190. The van der Waals surface area contributed by atoms with Gasteiger partial charge < -0.3 is 5.73 Å². The molecule has 1 unspecified atom stereocenters. The summed E-state index contributed by atoms with van der Waals surface area (Å²) in [5, 5.41) is 0.405. The highest BCUT2D eigenvalue weighted by Crippen LogP contribution is 2.57. The Morgan fingerprint density at radius 1 is 1.36 bits per heavy atom. The summed E-state index contributed by atoms with van der Waals surface area (Å²) in [6.07, 6.45) is -0.313. The fraction of sp³-hybridized carbons (Fsp3) is 0.333. The summed E-state index contributed by atoms with van der Waals surface area (Å²) in [6, 6.07) is 4.69. The molecule has 0 amide bonds. The molecule has 14 heavy (non-hydrogen) atoms. The highest BCUT2D eigenvalue weighted by Gasteiger charge is 2.69. The molecule has 76 valence electrons. The molecule has 0 spiro atoms. The van der Waals surface area contributed by atoms with Crippen LogP contribution in [0.25, 0.3) is 0 Å². The van der Waals surface area contributed by atoms with E-state index in [4.69, 9.17) is 17.3 Å². The zero-order valence-corrected chi connectivity index (χ0v) is 9.37. The summed E-state index contributed by atoms with van der Waals surface area (Å²) in [4.78, 5) is 0. The highest BCUT2D eigenvalue weighted by molar-refractivity contribution is 9.10. The van der Waals surface area contributed by atoms with Gasteiger partial charge in [-0.15, -0.1) is 0 Å². The molecule has 1 aliphatic carbocycles. The summed E-state index contributed by atoms with van der Waals surface area (Å²) in [7, 11) is 0. The van der Waals surface area contributed by atoms with Crippen molar-refractivity contribution < 1.29 is 8.78 Å². The molecule has 0 bridgehead atoms. The van der Waals surface area contributed by atoms with Crippen LogP contribution in [0.1, 0.15) is 12.0 Å². The zero-order valence-electron chi connectivity index (χ0n) is 7.03. The standard InChI is InChI=1S/C9H7BrClF2N/c10-6-1-5(2-7(11)3-6)8(14)4-9(8,12)13/h1-3H,4,14H2. The molecule has 2 rings (SSSR count). The average Bonchev–Trinajstić information content (AvgIpc) is 2.50. The van der Waals surface area contributed by atoms with Gasteiger partial charge in [-0.1, -0.05) is 27.5 Å². The molecule has 1 aliphatic rings. The maximum absolute atomic E-state index is 12.9. The van der Waals surface area contributed by atoms with Crippen molar-refractivity contribution in [3.8, 4) is 0 Å². The Balaban J connectivity index is 2.44. The molecule has 1 nitrogen and oxygen atoms in total. The van der Waals surface area contributed by atoms with Crippen molar-refractivity contribution in [3.05, 3.63) is 33.3 Å². The van der Waals surface area contributed by atoms with Crippen molar-refractivity contribution >= 4 is 27.5 Å². The van der Waals surface area contributed by atoms with E-state index in [0.29, 0.717) is 15.1 Å². The fourth-order valence-corrected chi connectivity index (χ4v) is 2.29. The highest BCUT2D eigenvalue weighted by atomic mass is 79.9. The van der Waals surface area contributed by atoms with Crippen LogP contribution in [0.2, 0.25) is 5.02 Å². The van der Waals surface area contributed by atoms with Crippen LogP contribution in [-0.4, -0.2) is 5.92 Å². The largest absolute Gasteiger partial charge is 0.316 e. The minimum absolute atomic E-state index is 0.313. The predicted molar refractivity (Wildman–Crippen MR) is 54.6 cm³/mol. The lowest BCUT2D eigenvalue weighted by Crippen LogP contribution is -2.27. The summed E-state index contributed by atoms with van der Waals surface area (Å²) in [5.74, 6) is -2.81. The summed E-state index contributed by atoms with van der Waals surface area (Å²) >= 11 is 8.93.